The number of aliphatic hydroxyl groups is 1. The highest BCUT2D eigenvalue weighted by Gasteiger charge is 2.15. The van der Waals surface area contributed by atoms with Crippen LogP contribution in [0.1, 0.15) is 16.1 Å². The van der Waals surface area contributed by atoms with Gasteiger partial charge in [-0.3, -0.25) is 9.78 Å². The molecule has 0 aliphatic carbocycles. The smallest absolute Gasteiger partial charge is 0.277 e. The molecule has 0 unspecified atom stereocenters. The minimum Gasteiger partial charge on any atom is -0.392 e. The van der Waals surface area contributed by atoms with Gasteiger partial charge in [-0.25, -0.2) is 0 Å². The minimum atomic E-state index is -0.454. The van der Waals surface area contributed by atoms with Crippen molar-refractivity contribution in [2.45, 2.75) is 6.61 Å². The van der Waals surface area contributed by atoms with Crippen LogP contribution in [0.25, 0.3) is 11.3 Å². The molecular formula is C16H12ClN3O3. The van der Waals surface area contributed by atoms with Crippen LogP contribution in [0.3, 0.4) is 0 Å². The fourth-order valence-corrected chi connectivity index (χ4v) is 2.21. The van der Waals surface area contributed by atoms with E-state index in [1.54, 1.807) is 30.3 Å². The third-order valence-electron chi connectivity index (χ3n) is 3.18. The van der Waals surface area contributed by atoms with Gasteiger partial charge in [0.1, 0.15) is 0 Å². The molecule has 0 aliphatic rings. The zero-order valence-electron chi connectivity index (χ0n) is 11.9. The molecule has 0 radical (unpaired) electrons. The summed E-state index contributed by atoms with van der Waals surface area (Å²) in [5.41, 5.74) is 1.83. The number of pyridine rings is 1. The first-order valence-corrected chi connectivity index (χ1v) is 7.13. The number of carbonyl (C=O) groups excluding carboxylic acids is 1. The first kappa shape index (κ1) is 15.2. The van der Waals surface area contributed by atoms with Gasteiger partial charge in [0.25, 0.3) is 5.91 Å². The summed E-state index contributed by atoms with van der Waals surface area (Å²) in [6.07, 6.45) is 3.00. The fraction of sp³-hybridized carbons (Fsp3) is 0.0625. The number of aliphatic hydroxyl groups excluding tert-OH is 1. The van der Waals surface area contributed by atoms with Crippen LogP contribution in [0, 0.1) is 0 Å². The molecule has 1 amide bonds. The van der Waals surface area contributed by atoms with Crippen LogP contribution in [0.4, 0.5) is 5.69 Å². The summed E-state index contributed by atoms with van der Waals surface area (Å²) in [5, 5.41) is 16.2. The Labute approximate surface area is 136 Å². The Morgan fingerprint density at radius 1 is 1.30 bits per heavy atom. The van der Waals surface area contributed by atoms with Crippen LogP contribution in [0.5, 0.6) is 0 Å². The number of amides is 1. The molecule has 2 heterocycles. The molecule has 0 spiro atoms. The van der Waals surface area contributed by atoms with E-state index in [9.17, 15) is 9.90 Å². The highest BCUT2D eigenvalue weighted by atomic mass is 35.5. The Balaban J connectivity index is 1.81. The Bertz CT molecular complexity index is 848. The van der Waals surface area contributed by atoms with Crippen molar-refractivity contribution in [3.63, 3.8) is 0 Å². The summed E-state index contributed by atoms with van der Waals surface area (Å²) in [7, 11) is 0. The van der Waals surface area contributed by atoms with Gasteiger partial charge in [-0.05, 0) is 18.2 Å². The lowest BCUT2D eigenvalue weighted by Crippen LogP contribution is -2.13. The molecule has 0 bridgehead atoms. The molecule has 7 heteroatoms. The van der Waals surface area contributed by atoms with Crippen molar-refractivity contribution in [2.24, 2.45) is 0 Å². The number of halogens is 1. The predicted molar refractivity (Wildman–Crippen MR) is 85.1 cm³/mol. The zero-order valence-corrected chi connectivity index (χ0v) is 12.6. The van der Waals surface area contributed by atoms with Gasteiger partial charge in [-0.1, -0.05) is 28.9 Å². The molecular weight excluding hydrogens is 318 g/mol. The zero-order chi connectivity index (χ0) is 16.2. The van der Waals surface area contributed by atoms with E-state index in [4.69, 9.17) is 16.1 Å². The van der Waals surface area contributed by atoms with Gasteiger partial charge >= 0.3 is 0 Å². The average Bonchev–Trinajstić information content (AvgIpc) is 3.05. The second-order valence-electron chi connectivity index (χ2n) is 4.73. The first-order chi connectivity index (χ1) is 11.2. The molecule has 2 aromatic heterocycles. The minimum absolute atomic E-state index is 0.118. The molecule has 0 aliphatic heterocycles. The Kier molecular flexibility index (Phi) is 4.36. The molecule has 3 rings (SSSR count). The van der Waals surface area contributed by atoms with Crippen LogP contribution >= 0.6 is 11.6 Å². The number of hydrogen-bond donors (Lipinski definition) is 2. The normalized spacial score (nSPS) is 10.5. The number of anilines is 1. The van der Waals surface area contributed by atoms with E-state index in [0.29, 0.717) is 22.0 Å². The van der Waals surface area contributed by atoms with Crippen LogP contribution in [0.2, 0.25) is 5.02 Å². The summed E-state index contributed by atoms with van der Waals surface area (Å²) >= 11 is 5.93. The molecule has 6 nitrogen and oxygen atoms in total. The standard InChI is InChI=1S/C16H12ClN3O3/c17-12-3-1-2-10(6-12)15-7-13(20-23-15)16(22)19-14-8-18-5-4-11(14)9-21/h1-8,21H,9H2,(H,19,22). The van der Waals surface area contributed by atoms with Gasteiger partial charge in [-0.2, -0.15) is 0 Å². The van der Waals surface area contributed by atoms with Crippen molar-refractivity contribution in [2.75, 3.05) is 5.32 Å². The van der Waals surface area contributed by atoms with Gasteiger partial charge in [-0.15, -0.1) is 0 Å². The third kappa shape index (κ3) is 3.39. The SMILES string of the molecule is O=C(Nc1cnccc1CO)c1cc(-c2cccc(Cl)c2)on1. The lowest BCUT2D eigenvalue weighted by Gasteiger charge is -2.06. The van der Waals surface area contributed by atoms with E-state index < -0.39 is 5.91 Å². The van der Waals surface area contributed by atoms with Crippen molar-refractivity contribution >= 4 is 23.2 Å². The van der Waals surface area contributed by atoms with Gasteiger partial charge in [0.15, 0.2) is 11.5 Å². The van der Waals surface area contributed by atoms with E-state index in [2.05, 4.69) is 15.5 Å². The highest BCUT2D eigenvalue weighted by molar-refractivity contribution is 6.30. The largest absolute Gasteiger partial charge is 0.392 e. The van der Waals surface area contributed by atoms with Gasteiger partial charge in [0, 0.05) is 28.4 Å². The van der Waals surface area contributed by atoms with Crippen LogP contribution in [0.15, 0.2) is 53.3 Å². The molecule has 1 aromatic carbocycles. The Morgan fingerprint density at radius 2 is 2.17 bits per heavy atom. The van der Waals surface area contributed by atoms with Crippen molar-refractivity contribution in [3.8, 4) is 11.3 Å². The van der Waals surface area contributed by atoms with Gasteiger partial charge < -0.3 is 14.9 Å². The van der Waals surface area contributed by atoms with E-state index in [1.807, 2.05) is 0 Å². The summed E-state index contributed by atoms with van der Waals surface area (Å²) in [6.45, 7) is -0.204. The number of nitrogens with one attached hydrogen (secondary N) is 1. The summed E-state index contributed by atoms with van der Waals surface area (Å²) < 4.78 is 5.19. The summed E-state index contributed by atoms with van der Waals surface area (Å²) in [4.78, 5) is 16.1. The van der Waals surface area contributed by atoms with Crippen molar-refractivity contribution in [3.05, 3.63) is 65.1 Å². The molecule has 0 saturated heterocycles. The number of rotatable bonds is 4. The number of nitrogens with zero attached hydrogens (tertiary/aromatic N) is 2. The number of hydrogen-bond acceptors (Lipinski definition) is 5. The lowest BCUT2D eigenvalue weighted by molar-refractivity contribution is 0.101. The Hall–Kier alpha value is -2.70. The highest BCUT2D eigenvalue weighted by Crippen LogP contribution is 2.24. The van der Waals surface area contributed by atoms with Crippen molar-refractivity contribution in [1.82, 2.24) is 10.1 Å². The van der Waals surface area contributed by atoms with E-state index >= 15 is 0 Å². The van der Waals surface area contributed by atoms with Gasteiger partial charge in [0.05, 0.1) is 18.5 Å². The molecule has 0 saturated carbocycles. The second kappa shape index (κ2) is 6.60. The quantitative estimate of drug-likeness (QED) is 0.767. The first-order valence-electron chi connectivity index (χ1n) is 6.75. The van der Waals surface area contributed by atoms with E-state index in [0.717, 1.165) is 5.56 Å². The molecule has 23 heavy (non-hydrogen) atoms. The molecule has 0 atom stereocenters. The summed E-state index contributed by atoms with van der Waals surface area (Å²) in [6, 6.07) is 10.2. The number of carbonyl (C=O) groups is 1. The lowest BCUT2D eigenvalue weighted by atomic mass is 10.1. The van der Waals surface area contributed by atoms with E-state index in [1.165, 1.54) is 18.5 Å². The van der Waals surface area contributed by atoms with Crippen LogP contribution < -0.4 is 5.32 Å². The van der Waals surface area contributed by atoms with Crippen molar-refractivity contribution < 1.29 is 14.4 Å². The van der Waals surface area contributed by atoms with Crippen LogP contribution in [-0.4, -0.2) is 21.2 Å². The van der Waals surface area contributed by atoms with Crippen LogP contribution in [-0.2, 0) is 6.61 Å². The van der Waals surface area contributed by atoms with E-state index in [-0.39, 0.29) is 12.3 Å². The maximum absolute atomic E-state index is 12.2. The number of aromatic nitrogens is 2. The fourth-order valence-electron chi connectivity index (χ4n) is 2.02. The Morgan fingerprint density at radius 3 is 2.96 bits per heavy atom. The molecule has 116 valence electrons. The average molecular weight is 330 g/mol. The maximum Gasteiger partial charge on any atom is 0.277 e. The molecule has 0 fully saturated rings. The monoisotopic (exact) mass is 329 g/mol. The maximum atomic E-state index is 12.2. The predicted octanol–water partition coefficient (Wildman–Crippen LogP) is 3.13. The summed E-state index contributed by atoms with van der Waals surface area (Å²) in [5.74, 6) is -0.0176. The number of benzene rings is 1. The van der Waals surface area contributed by atoms with Gasteiger partial charge in [0.2, 0.25) is 0 Å². The van der Waals surface area contributed by atoms with Crippen molar-refractivity contribution in [1.29, 1.82) is 0 Å². The third-order valence-corrected chi connectivity index (χ3v) is 3.42. The molecule has 3 aromatic rings. The molecule has 2 N–H and O–H groups in total. The topological polar surface area (TPSA) is 88.2 Å². The second-order valence-corrected chi connectivity index (χ2v) is 5.17.